The van der Waals surface area contributed by atoms with Crippen molar-refractivity contribution in [3.8, 4) is 17.3 Å². The van der Waals surface area contributed by atoms with Gasteiger partial charge in [-0.1, -0.05) is 87.5 Å². The molecule has 0 spiro atoms. The van der Waals surface area contributed by atoms with E-state index in [1.165, 1.54) is 22.6 Å². The van der Waals surface area contributed by atoms with Crippen molar-refractivity contribution in [2.24, 2.45) is 0 Å². The van der Waals surface area contributed by atoms with Crippen molar-refractivity contribution < 1.29 is 9.15 Å². The summed E-state index contributed by atoms with van der Waals surface area (Å²) in [5.41, 5.74) is 9.48. The Labute approximate surface area is 301 Å². The van der Waals surface area contributed by atoms with Crippen molar-refractivity contribution in [1.29, 1.82) is 0 Å². The summed E-state index contributed by atoms with van der Waals surface area (Å²) in [4.78, 5) is 9.72. The van der Waals surface area contributed by atoms with Gasteiger partial charge >= 0.3 is 0 Å². The number of benzene rings is 6. The van der Waals surface area contributed by atoms with Crippen LogP contribution >= 0.6 is 0 Å². The highest BCUT2D eigenvalue weighted by Gasteiger charge is 2.29. The van der Waals surface area contributed by atoms with Gasteiger partial charge in [-0.15, -0.1) is 0 Å². The minimum atomic E-state index is -0.0934. The molecule has 0 amide bonds. The number of hydrogen-bond donors (Lipinski definition) is 0. The van der Waals surface area contributed by atoms with Crippen LogP contribution in [0, 0.1) is 0 Å². The lowest BCUT2D eigenvalue weighted by molar-refractivity contribution is 0.479. The molecule has 52 heavy (non-hydrogen) atoms. The first-order valence-electron chi connectivity index (χ1n) is 17.7. The number of rotatable bonds is 5. The van der Waals surface area contributed by atoms with Crippen molar-refractivity contribution in [3.63, 3.8) is 0 Å². The monoisotopic (exact) mass is 676 g/mol. The van der Waals surface area contributed by atoms with Gasteiger partial charge in [0.05, 0.1) is 22.4 Å². The quantitative estimate of drug-likeness (QED) is 0.182. The Morgan fingerprint density at radius 2 is 1.25 bits per heavy atom. The number of fused-ring (bicyclic) bond motifs is 7. The highest BCUT2D eigenvalue weighted by molar-refractivity contribution is 6.10. The summed E-state index contributed by atoms with van der Waals surface area (Å²) < 4.78 is 15.3. The second kappa shape index (κ2) is 11.5. The number of para-hydroxylation sites is 5. The molecule has 0 N–H and O–H groups in total. The zero-order valence-electron chi connectivity index (χ0n) is 29.2. The van der Waals surface area contributed by atoms with Gasteiger partial charge in [0.2, 0.25) is 0 Å². The molecule has 0 atom stereocenters. The topological polar surface area (TPSA) is 46.7 Å². The molecule has 0 aliphatic carbocycles. The van der Waals surface area contributed by atoms with Crippen LogP contribution in [0.4, 0.5) is 22.7 Å². The highest BCUT2D eigenvalue weighted by Crippen LogP contribution is 2.46. The molecule has 4 heterocycles. The molecule has 6 aromatic carbocycles. The van der Waals surface area contributed by atoms with Crippen LogP contribution in [0.3, 0.4) is 0 Å². The Balaban J connectivity index is 1.08. The fourth-order valence-corrected chi connectivity index (χ4v) is 7.62. The van der Waals surface area contributed by atoms with Gasteiger partial charge in [0.1, 0.15) is 35.2 Å². The molecule has 0 unspecified atom stereocenters. The van der Waals surface area contributed by atoms with E-state index in [0.29, 0.717) is 6.67 Å². The minimum Gasteiger partial charge on any atom is -0.457 e. The lowest BCUT2D eigenvalue weighted by atomic mass is 9.86. The molecule has 252 valence electrons. The van der Waals surface area contributed by atoms with Crippen LogP contribution in [0.25, 0.3) is 49.6 Å². The summed E-state index contributed by atoms with van der Waals surface area (Å²) in [5.74, 6) is 2.34. The smallest absolute Gasteiger partial charge is 0.141 e. The maximum atomic E-state index is 6.83. The molecule has 0 radical (unpaired) electrons. The van der Waals surface area contributed by atoms with Crippen LogP contribution in [0.5, 0.6) is 11.5 Å². The lowest BCUT2D eigenvalue weighted by Gasteiger charge is -2.26. The van der Waals surface area contributed by atoms with Crippen LogP contribution in [0.2, 0.25) is 0 Å². The van der Waals surface area contributed by atoms with E-state index in [9.17, 15) is 0 Å². The predicted molar refractivity (Wildman–Crippen MR) is 213 cm³/mol. The van der Waals surface area contributed by atoms with Gasteiger partial charge in [-0.3, -0.25) is 4.57 Å². The zero-order chi connectivity index (χ0) is 35.0. The van der Waals surface area contributed by atoms with Crippen molar-refractivity contribution >= 4 is 66.5 Å². The van der Waals surface area contributed by atoms with E-state index in [1.807, 2.05) is 30.5 Å². The summed E-state index contributed by atoms with van der Waals surface area (Å²) in [6, 6.07) is 50.8. The summed E-state index contributed by atoms with van der Waals surface area (Å²) in [5, 5.41) is 4.36. The Hall–Kier alpha value is -6.53. The zero-order valence-corrected chi connectivity index (χ0v) is 29.2. The molecule has 0 saturated carbocycles. The Bertz CT molecular complexity index is 2810. The summed E-state index contributed by atoms with van der Waals surface area (Å²) in [6.45, 7) is 7.45. The van der Waals surface area contributed by atoms with Crippen LogP contribution < -0.4 is 14.5 Å². The largest absolute Gasteiger partial charge is 0.457 e. The Morgan fingerprint density at radius 1 is 0.558 bits per heavy atom. The van der Waals surface area contributed by atoms with Gasteiger partial charge in [0.25, 0.3) is 0 Å². The van der Waals surface area contributed by atoms with Gasteiger partial charge < -0.3 is 19.0 Å². The standard InChI is InChI=1S/C46H36N4O2/c1-46(2,3)30-23-32(49-29-48(31-13-5-4-6-14-31)40-18-10-11-19-41(40)49)25-34(24-30)51-33-21-22-36-35-15-7-9-17-39(35)50(42(36)26-33)45-27-44-38(28-47-45)37-16-8-12-20-43(37)52-44/h4-28H,29H2,1-3H3. The molecule has 6 nitrogen and oxygen atoms in total. The number of furan rings is 1. The van der Waals surface area contributed by atoms with E-state index in [4.69, 9.17) is 14.1 Å². The molecule has 6 heteroatoms. The SMILES string of the molecule is CC(C)(C)c1cc(Oc2ccc3c4ccccc4n(-c4cc5oc6ccccc6c5cn4)c3c2)cc(N2CN(c3ccccc3)c3ccccc32)c1. The van der Waals surface area contributed by atoms with Crippen LogP contribution in [-0.2, 0) is 5.41 Å². The van der Waals surface area contributed by atoms with Gasteiger partial charge in [0.15, 0.2) is 0 Å². The molecule has 3 aromatic heterocycles. The molecule has 9 aromatic rings. The maximum absolute atomic E-state index is 6.83. The second-order valence-corrected chi connectivity index (χ2v) is 14.6. The van der Waals surface area contributed by atoms with Crippen LogP contribution in [0.1, 0.15) is 26.3 Å². The Morgan fingerprint density at radius 3 is 2.06 bits per heavy atom. The van der Waals surface area contributed by atoms with Gasteiger partial charge in [-0.25, -0.2) is 4.98 Å². The molecular formula is C46H36N4O2. The van der Waals surface area contributed by atoms with Crippen molar-refractivity contribution in [3.05, 3.63) is 157 Å². The third-order valence-corrected chi connectivity index (χ3v) is 10.2. The summed E-state index contributed by atoms with van der Waals surface area (Å²) in [7, 11) is 0. The first kappa shape index (κ1) is 30.3. The lowest BCUT2D eigenvalue weighted by Crippen LogP contribution is -2.24. The van der Waals surface area contributed by atoms with E-state index in [1.54, 1.807) is 0 Å². The second-order valence-electron chi connectivity index (χ2n) is 14.6. The molecule has 1 aliphatic rings. The molecular weight excluding hydrogens is 641 g/mol. The third-order valence-electron chi connectivity index (χ3n) is 10.2. The first-order valence-corrected chi connectivity index (χ1v) is 17.7. The fourth-order valence-electron chi connectivity index (χ4n) is 7.62. The fraction of sp³-hybridized carbons (Fsp3) is 0.109. The van der Waals surface area contributed by atoms with E-state index < -0.39 is 0 Å². The van der Waals surface area contributed by atoms with Crippen molar-refractivity contribution in [2.75, 3.05) is 16.5 Å². The van der Waals surface area contributed by atoms with E-state index in [0.717, 1.165) is 66.7 Å². The number of hydrogen-bond acceptors (Lipinski definition) is 5. The average molecular weight is 677 g/mol. The van der Waals surface area contributed by atoms with Gasteiger partial charge in [0, 0.05) is 57.3 Å². The normalized spacial score (nSPS) is 13.1. The average Bonchev–Trinajstić information content (AvgIpc) is 3.84. The number of pyridine rings is 1. The van der Waals surface area contributed by atoms with Gasteiger partial charge in [-0.05, 0) is 71.6 Å². The molecule has 0 bridgehead atoms. The van der Waals surface area contributed by atoms with E-state index in [-0.39, 0.29) is 5.41 Å². The summed E-state index contributed by atoms with van der Waals surface area (Å²) in [6.07, 6.45) is 1.92. The molecule has 0 saturated heterocycles. The number of aromatic nitrogens is 2. The van der Waals surface area contributed by atoms with Crippen molar-refractivity contribution in [1.82, 2.24) is 9.55 Å². The summed E-state index contributed by atoms with van der Waals surface area (Å²) >= 11 is 0. The molecule has 1 aliphatic heterocycles. The number of nitrogens with zero attached hydrogens (tertiary/aromatic N) is 4. The number of anilines is 4. The Kier molecular flexibility index (Phi) is 6.70. The molecule has 0 fully saturated rings. The van der Waals surface area contributed by atoms with Crippen molar-refractivity contribution in [2.45, 2.75) is 26.2 Å². The predicted octanol–water partition coefficient (Wildman–Crippen LogP) is 12.4. The molecule has 10 rings (SSSR count). The number of ether oxygens (including phenoxy) is 1. The van der Waals surface area contributed by atoms with Crippen LogP contribution in [-0.4, -0.2) is 16.2 Å². The minimum absolute atomic E-state index is 0.0934. The third kappa shape index (κ3) is 4.90. The first-order chi connectivity index (χ1) is 25.4. The van der Waals surface area contributed by atoms with Gasteiger partial charge in [-0.2, -0.15) is 0 Å². The maximum Gasteiger partial charge on any atom is 0.141 e. The highest BCUT2D eigenvalue weighted by atomic mass is 16.5. The van der Waals surface area contributed by atoms with E-state index in [2.05, 4.69) is 156 Å². The van der Waals surface area contributed by atoms with E-state index >= 15 is 0 Å². The van der Waals surface area contributed by atoms with Crippen LogP contribution in [0.15, 0.2) is 156 Å².